The summed E-state index contributed by atoms with van der Waals surface area (Å²) < 4.78 is 7.68. The monoisotopic (exact) mass is 548 g/mol. The van der Waals surface area contributed by atoms with Gasteiger partial charge in [0.1, 0.15) is 5.69 Å². The molecule has 2 amide bonds. The number of aromatic nitrogens is 3. The Hall–Kier alpha value is -3.46. The van der Waals surface area contributed by atoms with Crippen molar-refractivity contribution < 1.29 is 14.0 Å². The Bertz CT molecular complexity index is 1250. The van der Waals surface area contributed by atoms with Crippen LogP contribution in [0, 0.1) is 0 Å². The molecule has 0 unspecified atom stereocenters. The molecule has 40 heavy (non-hydrogen) atoms. The van der Waals surface area contributed by atoms with Gasteiger partial charge in [-0.25, -0.2) is 4.98 Å². The Labute approximate surface area is 237 Å². The van der Waals surface area contributed by atoms with E-state index >= 15 is 0 Å². The van der Waals surface area contributed by atoms with Crippen molar-refractivity contribution in [2.75, 3.05) is 19.6 Å². The Morgan fingerprint density at radius 2 is 1.52 bits per heavy atom. The molecule has 0 saturated carbocycles. The van der Waals surface area contributed by atoms with E-state index in [0.717, 1.165) is 56.4 Å². The van der Waals surface area contributed by atoms with Crippen LogP contribution in [0.2, 0.25) is 0 Å². The first kappa shape index (κ1) is 29.5. The molecule has 1 aromatic carbocycles. The number of hydrogen-bond donors (Lipinski definition) is 2. The number of amides is 2. The van der Waals surface area contributed by atoms with Crippen molar-refractivity contribution in [3.63, 3.8) is 0 Å². The van der Waals surface area contributed by atoms with E-state index in [2.05, 4.69) is 34.4 Å². The van der Waals surface area contributed by atoms with Gasteiger partial charge in [-0.1, -0.05) is 46.2 Å². The van der Waals surface area contributed by atoms with Gasteiger partial charge in [0.2, 0.25) is 11.7 Å². The summed E-state index contributed by atoms with van der Waals surface area (Å²) in [6, 6.07) is 9.82. The zero-order valence-electron chi connectivity index (χ0n) is 24.4. The van der Waals surface area contributed by atoms with Gasteiger partial charge in [-0.3, -0.25) is 14.3 Å². The van der Waals surface area contributed by atoms with Crippen LogP contribution in [0.5, 0.6) is 0 Å². The minimum Gasteiger partial charge on any atom is -0.431 e. The van der Waals surface area contributed by atoms with Crippen molar-refractivity contribution in [1.29, 1.82) is 0 Å². The molecule has 9 heteroatoms. The Morgan fingerprint density at radius 1 is 0.875 bits per heavy atom. The summed E-state index contributed by atoms with van der Waals surface area (Å²) >= 11 is 0. The van der Waals surface area contributed by atoms with Gasteiger partial charge >= 0.3 is 0 Å². The maximum Gasteiger partial charge on any atom is 0.288 e. The lowest BCUT2D eigenvalue weighted by Gasteiger charge is -2.26. The van der Waals surface area contributed by atoms with Crippen LogP contribution in [0.3, 0.4) is 0 Å². The van der Waals surface area contributed by atoms with Crippen molar-refractivity contribution in [3.05, 3.63) is 48.0 Å². The highest BCUT2D eigenvalue weighted by atomic mass is 16.4. The third kappa shape index (κ3) is 7.38. The average molecular weight is 549 g/mol. The third-order valence-corrected chi connectivity index (χ3v) is 7.87. The molecule has 3 heterocycles. The van der Waals surface area contributed by atoms with Gasteiger partial charge in [-0.2, -0.15) is 5.10 Å². The molecular formula is C31H44N6O3. The molecule has 0 spiro atoms. The van der Waals surface area contributed by atoms with Gasteiger partial charge < -0.3 is 20.0 Å². The van der Waals surface area contributed by atoms with Crippen LogP contribution in [0.4, 0.5) is 0 Å². The number of nitrogens with one attached hydrogen (secondary N) is 2. The Balaban J connectivity index is 1.57. The molecule has 2 N–H and O–H groups in total. The van der Waals surface area contributed by atoms with E-state index in [0.29, 0.717) is 23.8 Å². The molecule has 9 nitrogen and oxygen atoms in total. The second-order valence-corrected chi connectivity index (χ2v) is 10.6. The quantitative estimate of drug-likeness (QED) is 0.291. The number of piperidine rings is 1. The van der Waals surface area contributed by atoms with Crippen LogP contribution >= 0.6 is 0 Å². The second-order valence-electron chi connectivity index (χ2n) is 10.6. The molecule has 0 aliphatic carbocycles. The summed E-state index contributed by atoms with van der Waals surface area (Å²) in [7, 11) is 0. The van der Waals surface area contributed by atoms with E-state index in [1.165, 1.54) is 25.5 Å². The summed E-state index contributed by atoms with van der Waals surface area (Å²) in [5, 5.41) is 11.0. The molecule has 0 bridgehead atoms. The van der Waals surface area contributed by atoms with Gasteiger partial charge in [0.15, 0.2) is 0 Å². The lowest BCUT2D eigenvalue weighted by atomic mass is 10.1. The molecule has 2 aromatic heterocycles. The number of likely N-dealkylation sites (tertiary alicyclic amines) is 1. The average Bonchev–Trinajstić information content (AvgIpc) is 3.66. The van der Waals surface area contributed by atoms with Gasteiger partial charge in [0.25, 0.3) is 11.8 Å². The number of carbonyl (C=O) groups is 2. The number of carbonyl (C=O) groups excluding carboxylic acids is 2. The van der Waals surface area contributed by atoms with E-state index in [1.807, 2.05) is 48.9 Å². The fourth-order valence-electron chi connectivity index (χ4n) is 5.16. The van der Waals surface area contributed by atoms with Gasteiger partial charge in [0.05, 0.1) is 18.4 Å². The molecule has 216 valence electrons. The number of nitrogens with zero attached hydrogens (tertiary/aromatic N) is 4. The van der Waals surface area contributed by atoms with Crippen molar-refractivity contribution in [2.24, 2.45) is 0 Å². The summed E-state index contributed by atoms with van der Waals surface area (Å²) in [4.78, 5) is 32.7. The minimum atomic E-state index is -0.260. The van der Waals surface area contributed by atoms with Crippen molar-refractivity contribution in [2.45, 2.75) is 91.3 Å². The maximum atomic E-state index is 13.3. The molecular weight excluding hydrogens is 504 g/mol. The summed E-state index contributed by atoms with van der Waals surface area (Å²) in [5.74, 6) is 0.203. The van der Waals surface area contributed by atoms with Crippen LogP contribution in [0.25, 0.3) is 22.7 Å². The van der Waals surface area contributed by atoms with Crippen molar-refractivity contribution >= 4 is 11.8 Å². The van der Waals surface area contributed by atoms with Crippen LogP contribution < -0.4 is 10.6 Å². The molecule has 1 aliphatic rings. The predicted molar refractivity (Wildman–Crippen MR) is 157 cm³/mol. The summed E-state index contributed by atoms with van der Waals surface area (Å²) in [5.41, 5.74) is 2.88. The highest BCUT2D eigenvalue weighted by Gasteiger charge is 2.21. The van der Waals surface area contributed by atoms with Crippen LogP contribution in [-0.2, 0) is 6.54 Å². The number of rotatable bonds is 13. The molecule has 0 radical (unpaired) electrons. The molecule has 1 saturated heterocycles. The zero-order valence-corrected chi connectivity index (χ0v) is 24.4. The van der Waals surface area contributed by atoms with Gasteiger partial charge in [-0.05, 0) is 69.8 Å². The highest BCUT2D eigenvalue weighted by molar-refractivity contribution is 5.94. The third-order valence-electron chi connectivity index (χ3n) is 7.87. The Morgan fingerprint density at radius 3 is 2.20 bits per heavy atom. The highest BCUT2D eigenvalue weighted by Crippen LogP contribution is 2.27. The molecule has 3 aromatic rings. The van der Waals surface area contributed by atoms with Crippen LogP contribution in [-0.4, -0.2) is 63.2 Å². The van der Waals surface area contributed by atoms with Crippen molar-refractivity contribution in [1.82, 2.24) is 30.3 Å². The summed E-state index contributed by atoms with van der Waals surface area (Å²) in [6.07, 6.45) is 8.68. The van der Waals surface area contributed by atoms with E-state index in [4.69, 9.17) is 9.52 Å². The number of hydrogen-bond acceptors (Lipinski definition) is 6. The normalized spacial score (nSPS) is 14.2. The second kappa shape index (κ2) is 14.3. The molecule has 0 atom stereocenters. The Kier molecular flexibility index (Phi) is 10.5. The van der Waals surface area contributed by atoms with Gasteiger partial charge in [-0.15, -0.1) is 0 Å². The maximum absolute atomic E-state index is 13.3. The van der Waals surface area contributed by atoms with Crippen LogP contribution in [0.1, 0.15) is 93.7 Å². The SMILES string of the molecule is CCC(CC)NC(=O)c1cnc(-c2cccc(-c3cc(C(=O)NC(CC)CC)n(CCN4CCCCC4)n3)c2)o1. The van der Waals surface area contributed by atoms with E-state index in [-0.39, 0.29) is 29.7 Å². The lowest BCUT2D eigenvalue weighted by molar-refractivity contribution is 0.0904. The molecule has 1 aliphatic heterocycles. The van der Waals surface area contributed by atoms with E-state index in [9.17, 15) is 9.59 Å². The first-order valence-corrected chi connectivity index (χ1v) is 14.9. The minimum absolute atomic E-state index is 0.0944. The largest absolute Gasteiger partial charge is 0.431 e. The predicted octanol–water partition coefficient (Wildman–Crippen LogP) is 5.53. The smallest absolute Gasteiger partial charge is 0.288 e. The molecule has 1 fully saturated rings. The van der Waals surface area contributed by atoms with Crippen molar-refractivity contribution in [3.8, 4) is 22.7 Å². The first-order chi connectivity index (χ1) is 19.4. The fraction of sp³-hybridized carbons (Fsp3) is 0.548. The lowest BCUT2D eigenvalue weighted by Crippen LogP contribution is -2.36. The molecule has 4 rings (SSSR count). The standard InChI is InChI=1S/C31H44N6O3/c1-5-24(6-2)33-29(38)27-20-26(35-37(27)18-17-36-15-10-9-11-16-36)22-13-12-14-23(19-22)31-32-21-28(40-31)30(39)34-25(7-3)8-4/h12-14,19-21,24-25H,5-11,15-18H2,1-4H3,(H,33,38)(H,34,39). The topological polar surface area (TPSA) is 105 Å². The van der Waals surface area contributed by atoms with E-state index < -0.39 is 0 Å². The van der Waals surface area contributed by atoms with Gasteiger partial charge in [0, 0.05) is 29.8 Å². The van der Waals surface area contributed by atoms with E-state index in [1.54, 1.807) is 0 Å². The number of benzene rings is 1. The zero-order chi connectivity index (χ0) is 28.5. The number of oxazole rings is 1. The van der Waals surface area contributed by atoms with Crippen LogP contribution in [0.15, 0.2) is 40.9 Å². The first-order valence-electron chi connectivity index (χ1n) is 14.9. The fourth-order valence-corrected chi connectivity index (χ4v) is 5.16. The summed E-state index contributed by atoms with van der Waals surface area (Å²) in [6.45, 7) is 12.0.